The molecule has 26 heavy (non-hydrogen) atoms. The lowest BCUT2D eigenvalue weighted by Gasteiger charge is -2.14. The van der Waals surface area contributed by atoms with Gasteiger partial charge in [0.25, 0.3) is 10.0 Å². The van der Waals surface area contributed by atoms with Crippen molar-refractivity contribution in [2.45, 2.75) is 4.90 Å². The number of aromatic amines is 1. The number of H-pyrrole nitrogens is 1. The van der Waals surface area contributed by atoms with E-state index in [-0.39, 0.29) is 27.6 Å². The van der Waals surface area contributed by atoms with E-state index in [2.05, 4.69) is 14.7 Å². The minimum Gasteiger partial charge on any atom is -0.493 e. The van der Waals surface area contributed by atoms with Crippen LogP contribution in [0, 0.1) is 0 Å². The van der Waals surface area contributed by atoms with Gasteiger partial charge in [-0.3, -0.25) is 4.72 Å². The standard InChI is InChI=1S/C16H15N3O6S/c1-24-12-6-10(16(20)21)11(7-13(12)25-2)19-26(22,23)14-8-18-15-9(14)4-3-5-17-15/h3-8,19H,1-2H3,(H,17,18)(H,20,21). The number of carboxylic acids is 1. The second-order valence-corrected chi connectivity index (χ2v) is 6.87. The number of carbonyl (C=O) groups is 1. The predicted molar refractivity (Wildman–Crippen MR) is 93.4 cm³/mol. The van der Waals surface area contributed by atoms with Crippen molar-refractivity contribution in [2.24, 2.45) is 0 Å². The van der Waals surface area contributed by atoms with Crippen LogP contribution in [0.3, 0.4) is 0 Å². The summed E-state index contributed by atoms with van der Waals surface area (Å²) < 4.78 is 38.0. The predicted octanol–water partition coefficient (Wildman–Crippen LogP) is 2.08. The van der Waals surface area contributed by atoms with Gasteiger partial charge in [0, 0.05) is 29.9 Å². The Kier molecular flexibility index (Phi) is 4.43. The van der Waals surface area contributed by atoms with Gasteiger partial charge in [0.2, 0.25) is 0 Å². The number of ether oxygens (including phenoxy) is 2. The Morgan fingerprint density at radius 2 is 1.92 bits per heavy atom. The first kappa shape index (κ1) is 17.5. The van der Waals surface area contributed by atoms with E-state index in [9.17, 15) is 18.3 Å². The monoisotopic (exact) mass is 377 g/mol. The Balaban J connectivity index is 2.11. The van der Waals surface area contributed by atoms with Gasteiger partial charge in [-0.05, 0) is 12.1 Å². The lowest BCUT2D eigenvalue weighted by Crippen LogP contribution is -2.15. The van der Waals surface area contributed by atoms with Crippen LogP contribution in [0.5, 0.6) is 11.5 Å². The Morgan fingerprint density at radius 3 is 2.58 bits per heavy atom. The number of nitrogens with zero attached hydrogens (tertiary/aromatic N) is 1. The number of aromatic nitrogens is 2. The number of sulfonamides is 1. The van der Waals surface area contributed by atoms with Crippen LogP contribution in [0.15, 0.2) is 41.6 Å². The fourth-order valence-corrected chi connectivity index (χ4v) is 3.73. The molecule has 2 heterocycles. The van der Waals surface area contributed by atoms with Crippen LogP contribution in [0.2, 0.25) is 0 Å². The molecule has 2 aromatic heterocycles. The summed E-state index contributed by atoms with van der Waals surface area (Å²) in [5.41, 5.74) is -0.0174. The zero-order chi connectivity index (χ0) is 18.9. The Labute approximate surface area is 148 Å². The van der Waals surface area contributed by atoms with Crippen LogP contribution in [0.1, 0.15) is 10.4 Å². The number of methoxy groups -OCH3 is 2. The number of hydrogen-bond donors (Lipinski definition) is 3. The number of pyridine rings is 1. The first-order valence-corrected chi connectivity index (χ1v) is 8.80. The molecule has 0 bridgehead atoms. The van der Waals surface area contributed by atoms with Crippen molar-refractivity contribution < 1.29 is 27.8 Å². The third-order valence-corrected chi connectivity index (χ3v) is 5.11. The van der Waals surface area contributed by atoms with E-state index in [1.54, 1.807) is 12.1 Å². The van der Waals surface area contributed by atoms with Gasteiger partial charge in [-0.2, -0.15) is 0 Å². The van der Waals surface area contributed by atoms with Crippen molar-refractivity contribution in [1.29, 1.82) is 0 Å². The van der Waals surface area contributed by atoms with Gasteiger partial charge >= 0.3 is 5.97 Å². The molecule has 136 valence electrons. The smallest absolute Gasteiger partial charge is 0.337 e. The molecule has 9 nitrogen and oxygen atoms in total. The zero-order valence-electron chi connectivity index (χ0n) is 13.8. The summed E-state index contributed by atoms with van der Waals surface area (Å²) in [6.07, 6.45) is 2.82. The molecule has 10 heteroatoms. The van der Waals surface area contributed by atoms with Crippen LogP contribution in [0.4, 0.5) is 5.69 Å². The molecule has 3 aromatic rings. The molecule has 0 radical (unpaired) electrons. The van der Waals surface area contributed by atoms with Gasteiger partial charge in [0.1, 0.15) is 10.5 Å². The number of carboxylic acid groups (broad SMARTS) is 1. The first-order chi connectivity index (χ1) is 12.4. The summed E-state index contributed by atoms with van der Waals surface area (Å²) in [4.78, 5) is 18.3. The molecule has 0 saturated carbocycles. The number of aromatic carboxylic acids is 1. The number of nitrogens with one attached hydrogen (secondary N) is 2. The van der Waals surface area contributed by atoms with E-state index in [4.69, 9.17) is 9.47 Å². The maximum atomic E-state index is 12.8. The molecule has 3 N–H and O–H groups in total. The van der Waals surface area contributed by atoms with E-state index in [0.29, 0.717) is 11.0 Å². The van der Waals surface area contributed by atoms with E-state index >= 15 is 0 Å². The van der Waals surface area contributed by atoms with Crippen LogP contribution in [-0.4, -0.2) is 43.7 Å². The first-order valence-electron chi connectivity index (χ1n) is 7.31. The van der Waals surface area contributed by atoms with Gasteiger partial charge < -0.3 is 19.6 Å². The molecular formula is C16H15N3O6S. The van der Waals surface area contributed by atoms with Crippen molar-refractivity contribution in [1.82, 2.24) is 9.97 Å². The second kappa shape index (κ2) is 6.56. The largest absolute Gasteiger partial charge is 0.493 e. The third kappa shape index (κ3) is 3.02. The number of anilines is 1. The minimum absolute atomic E-state index is 0.0493. The molecular weight excluding hydrogens is 362 g/mol. The van der Waals surface area contributed by atoms with Crippen molar-refractivity contribution in [2.75, 3.05) is 18.9 Å². The van der Waals surface area contributed by atoms with E-state index in [0.717, 1.165) is 0 Å². The highest BCUT2D eigenvalue weighted by atomic mass is 32.2. The zero-order valence-corrected chi connectivity index (χ0v) is 14.6. The summed E-state index contributed by atoms with van der Waals surface area (Å²) >= 11 is 0. The van der Waals surface area contributed by atoms with Gasteiger partial charge in [0.15, 0.2) is 11.5 Å². The van der Waals surface area contributed by atoms with Crippen molar-refractivity contribution >= 4 is 32.7 Å². The number of fused-ring (bicyclic) bond motifs is 1. The highest BCUT2D eigenvalue weighted by Crippen LogP contribution is 2.35. The SMILES string of the molecule is COc1cc(NS(=O)(=O)c2c[nH]c3ncccc23)c(C(=O)O)cc1OC. The normalized spacial score (nSPS) is 11.3. The van der Waals surface area contributed by atoms with E-state index < -0.39 is 16.0 Å². The second-order valence-electron chi connectivity index (χ2n) is 5.22. The highest BCUT2D eigenvalue weighted by molar-refractivity contribution is 7.93. The van der Waals surface area contributed by atoms with E-state index in [1.165, 1.54) is 38.7 Å². The maximum Gasteiger partial charge on any atom is 0.337 e. The summed E-state index contributed by atoms with van der Waals surface area (Å²) in [7, 11) is -1.36. The average Bonchev–Trinajstić information content (AvgIpc) is 3.05. The van der Waals surface area contributed by atoms with E-state index in [1.807, 2.05) is 0 Å². The molecule has 0 aliphatic carbocycles. The fourth-order valence-electron chi connectivity index (χ4n) is 2.49. The van der Waals surface area contributed by atoms with Crippen molar-refractivity contribution in [3.8, 4) is 11.5 Å². The van der Waals surface area contributed by atoms with Crippen molar-refractivity contribution in [3.63, 3.8) is 0 Å². The summed E-state index contributed by atoms with van der Waals surface area (Å²) in [6.45, 7) is 0. The van der Waals surface area contributed by atoms with Crippen LogP contribution < -0.4 is 14.2 Å². The van der Waals surface area contributed by atoms with Gasteiger partial charge in [-0.15, -0.1) is 0 Å². The van der Waals surface area contributed by atoms with Crippen LogP contribution in [0.25, 0.3) is 11.0 Å². The molecule has 1 aromatic carbocycles. The molecule has 0 aliphatic rings. The Bertz CT molecular complexity index is 1090. The molecule has 0 saturated heterocycles. The van der Waals surface area contributed by atoms with Gasteiger partial charge in [0.05, 0.1) is 25.5 Å². The highest BCUT2D eigenvalue weighted by Gasteiger charge is 2.24. The molecule has 0 spiro atoms. The summed E-state index contributed by atoms with van der Waals surface area (Å²) in [6, 6.07) is 5.65. The molecule has 3 rings (SSSR count). The Morgan fingerprint density at radius 1 is 1.23 bits per heavy atom. The van der Waals surface area contributed by atoms with Crippen LogP contribution in [-0.2, 0) is 10.0 Å². The molecule has 0 fully saturated rings. The average molecular weight is 377 g/mol. The lowest BCUT2D eigenvalue weighted by atomic mass is 10.1. The van der Waals surface area contributed by atoms with Crippen LogP contribution >= 0.6 is 0 Å². The maximum absolute atomic E-state index is 12.8. The third-order valence-electron chi connectivity index (χ3n) is 3.70. The van der Waals surface area contributed by atoms with Gasteiger partial charge in [-0.1, -0.05) is 0 Å². The number of benzene rings is 1. The van der Waals surface area contributed by atoms with Gasteiger partial charge in [-0.25, -0.2) is 18.2 Å². The topological polar surface area (TPSA) is 131 Å². The molecule has 0 aliphatic heterocycles. The molecule has 0 atom stereocenters. The lowest BCUT2D eigenvalue weighted by molar-refractivity contribution is 0.0697. The Hall–Kier alpha value is -3.27. The van der Waals surface area contributed by atoms with Crippen molar-refractivity contribution in [3.05, 3.63) is 42.2 Å². The summed E-state index contributed by atoms with van der Waals surface area (Å²) in [5.74, 6) is -0.954. The molecule has 0 unspecified atom stereocenters. The number of rotatable bonds is 6. The minimum atomic E-state index is -4.08. The summed E-state index contributed by atoms with van der Waals surface area (Å²) in [5, 5.41) is 9.79. The number of hydrogen-bond acceptors (Lipinski definition) is 6. The fraction of sp³-hybridized carbons (Fsp3) is 0.125. The quantitative estimate of drug-likeness (QED) is 0.599. The molecule has 0 amide bonds.